The third kappa shape index (κ3) is 2.52. The summed E-state index contributed by atoms with van der Waals surface area (Å²) < 4.78 is 44.5. The molecule has 0 bridgehead atoms. The highest BCUT2D eigenvalue weighted by molar-refractivity contribution is 6.34. The first-order chi connectivity index (χ1) is 11.4. The molecule has 1 aromatic carbocycles. The molecule has 2 heterocycles. The van der Waals surface area contributed by atoms with Crippen molar-refractivity contribution < 1.29 is 22.4 Å². The number of benzene rings is 1. The summed E-state index contributed by atoms with van der Waals surface area (Å²) in [7, 11) is 0. The molecule has 1 aliphatic heterocycles. The van der Waals surface area contributed by atoms with Gasteiger partial charge in [0.15, 0.2) is 0 Å². The molecule has 3 nitrogen and oxygen atoms in total. The molecule has 1 amide bonds. The van der Waals surface area contributed by atoms with E-state index in [0.29, 0.717) is 11.4 Å². The molecule has 4 rings (SSSR count). The van der Waals surface area contributed by atoms with Gasteiger partial charge in [-0.3, -0.25) is 4.79 Å². The van der Waals surface area contributed by atoms with Crippen LogP contribution in [-0.4, -0.2) is 5.91 Å². The number of aryl methyl sites for hydroxylation is 2. The lowest BCUT2D eigenvalue weighted by atomic mass is 9.98. The minimum atomic E-state index is -4.45. The highest BCUT2D eigenvalue weighted by atomic mass is 19.4. The molecule has 0 spiro atoms. The first-order valence-corrected chi connectivity index (χ1v) is 7.78. The van der Waals surface area contributed by atoms with Crippen LogP contribution in [-0.2, 0) is 23.8 Å². The Bertz CT molecular complexity index is 838. The van der Waals surface area contributed by atoms with Gasteiger partial charge >= 0.3 is 6.18 Å². The molecule has 0 radical (unpaired) electrons. The SMILES string of the molecule is O=C1Nc2ccc(C(F)(F)F)cc2C1=Cc1cc2c(o1)CCCC2. The Labute approximate surface area is 136 Å². The van der Waals surface area contributed by atoms with Gasteiger partial charge in [0.2, 0.25) is 0 Å². The van der Waals surface area contributed by atoms with Crippen molar-refractivity contribution in [1.82, 2.24) is 0 Å². The van der Waals surface area contributed by atoms with Crippen LogP contribution in [0.15, 0.2) is 28.7 Å². The lowest BCUT2D eigenvalue weighted by molar-refractivity contribution is -0.137. The summed E-state index contributed by atoms with van der Waals surface area (Å²) in [5, 5.41) is 2.59. The van der Waals surface area contributed by atoms with E-state index in [9.17, 15) is 18.0 Å². The van der Waals surface area contributed by atoms with Gasteiger partial charge in [0.25, 0.3) is 5.91 Å². The van der Waals surface area contributed by atoms with Crippen LogP contribution in [0.4, 0.5) is 18.9 Å². The number of hydrogen-bond acceptors (Lipinski definition) is 2. The minimum Gasteiger partial charge on any atom is -0.461 e. The van der Waals surface area contributed by atoms with Gasteiger partial charge in [-0.25, -0.2) is 0 Å². The van der Waals surface area contributed by atoms with Gasteiger partial charge in [-0.1, -0.05) is 0 Å². The fraction of sp³-hybridized carbons (Fsp3) is 0.278. The number of carbonyl (C=O) groups excluding carboxylic acids is 1. The molecule has 24 heavy (non-hydrogen) atoms. The Hall–Kier alpha value is -2.50. The Morgan fingerprint density at radius 3 is 2.67 bits per heavy atom. The van der Waals surface area contributed by atoms with Gasteiger partial charge in [0, 0.05) is 17.7 Å². The number of amides is 1. The van der Waals surface area contributed by atoms with Crippen LogP contribution in [0.2, 0.25) is 0 Å². The maximum Gasteiger partial charge on any atom is 0.416 e. The van der Waals surface area contributed by atoms with Crippen molar-refractivity contribution in [3.05, 3.63) is 52.5 Å². The molecule has 2 aliphatic rings. The van der Waals surface area contributed by atoms with Crippen LogP contribution >= 0.6 is 0 Å². The van der Waals surface area contributed by atoms with Gasteiger partial charge in [0.05, 0.1) is 11.1 Å². The number of alkyl halides is 3. The normalized spacial score (nSPS) is 18.5. The van der Waals surface area contributed by atoms with E-state index in [-0.39, 0.29) is 11.1 Å². The lowest BCUT2D eigenvalue weighted by Gasteiger charge is -2.08. The van der Waals surface area contributed by atoms with Crippen molar-refractivity contribution in [3.8, 4) is 0 Å². The average Bonchev–Trinajstić information content (AvgIpc) is 3.07. The number of carbonyl (C=O) groups is 1. The number of hydrogen-bond donors (Lipinski definition) is 1. The molecular weight excluding hydrogens is 319 g/mol. The Kier molecular flexibility index (Phi) is 3.30. The molecule has 0 saturated carbocycles. The Balaban J connectivity index is 1.77. The molecule has 0 saturated heterocycles. The van der Waals surface area contributed by atoms with Crippen LogP contribution in [0.5, 0.6) is 0 Å². The van der Waals surface area contributed by atoms with E-state index in [2.05, 4.69) is 5.32 Å². The zero-order valence-corrected chi connectivity index (χ0v) is 12.7. The Morgan fingerprint density at radius 2 is 1.92 bits per heavy atom. The summed E-state index contributed by atoms with van der Waals surface area (Å²) in [4.78, 5) is 12.1. The second-order valence-corrected chi connectivity index (χ2v) is 6.07. The monoisotopic (exact) mass is 333 g/mol. The summed E-state index contributed by atoms with van der Waals surface area (Å²) in [6, 6.07) is 5.13. The zero-order chi connectivity index (χ0) is 16.9. The van der Waals surface area contributed by atoms with Crippen molar-refractivity contribution >= 4 is 23.2 Å². The lowest BCUT2D eigenvalue weighted by Crippen LogP contribution is -2.04. The molecule has 2 aromatic rings. The average molecular weight is 333 g/mol. The van der Waals surface area contributed by atoms with Crippen molar-refractivity contribution in [2.75, 3.05) is 5.32 Å². The van der Waals surface area contributed by atoms with E-state index in [1.165, 1.54) is 12.1 Å². The highest BCUT2D eigenvalue weighted by Crippen LogP contribution is 2.38. The smallest absolute Gasteiger partial charge is 0.416 e. The van der Waals surface area contributed by atoms with E-state index >= 15 is 0 Å². The maximum absolute atomic E-state index is 12.9. The first kappa shape index (κ1) is 15.1. The molecular formula is C18H14F3NO2. The fourth-order valence-electron chi connectivity index (χ4n) is 3.23. The predicted molar refractivity (Wildman–Crippen MR) is 83.3 cm³/mol. The van der Waals surface area contributed by atoms with Crippen LogP contribution in [0.25, 0.3) is 11.6 Å². The zero-order valence-electron chi connectivity index (χ0n) is 12.7. The number of halogens is 3. The second kappa shape index (κ2) is 5.26. The van der Waals surface area contributed by atoms with Crippen molar-refractivity contribution in [2.45, 2.75) is 31.9 Å². The quantitative estimate of drug-likeness (QED) is 0.771. The van der Waals surface area contributed by atoms with Crippen molar-refractivity contribution in [1.29, 1.82) is 0 Å². The Morgan fingerprint density at radius 1 is 1.12 bits per heavy atom. The van der Waals surface area contributed by atoms with Crippen LogP contribution in [0.1, 0.15) is 41.1 Å². The molecule has 124 valence electrons. The number of nitrogens with one attached hydrogen (secondary N) is 1. The van der Waals surface area contributed by atoms with E-state index in [1.807, 2.05) is 6.07 Å². The molecule has 0 atom stereocenters. The highest BCUT2D eigenvalue weighted by Gasteiger charge is 2.34. The largest absolute Gasteiger partial charge is 0.461 e. The summed E-state index contributed by atoms with van der Waals surface area (Å²) in [5.74, 6) is 1.01. The summed E-state index contributed by atoms with van der Waals surface area (Å²) >= 11 is 0. The summed E-state index contributed by atoms with van der Waals surface area (Å²) in [6.45, 7) is 0. The van der Waals surface area contributed by atoms with E-state index < -0.39 is 17.6 Å². The number of rotatable bonds is 1. The standard InChI is InChI=1S/C18H14F3NO2/c19-18(20,21)11-5-6-15-13(8-11)14(17(23)22-15)9-12-7-10-3-1-2-4-16(10)24-12/h5-9H,1-4H2,(H,22,23). The van der Waals surface area contributed by atoms with Gasteiger partial charge in [-0.05, 0) is 55.2 Å². The van der Waals surface area contributed by atoms with Gasteiger partial charge < -0.3 is 9.73 Å². The fourth-order valence-corrected chi connectivity index (χ4v) is 3.23. The summed E-state index contributed by atoms with van der Waals surface area (Å²) in [5.41, 5.74) is 1.18. The van der Waals surface area contributed by atoms with E-state index in [4.69, 9.17) is 4.42 Å². The van der Waals surface area contributed by atoms with Crippen molar-refractivity contribution in [3.63, 3.8) is 0 Å². The molecule has 0 unspecified atom stereocenters. The number of furan rings is 1. The first-order valence-electron chi connectivity index (χ1n) is 7.78. The third-order valence-electron chi connectivity index (χ3n) is 4.43. The summed E-state index contributed by atoms with van der Waals surface area (Å²) in [6.07, 6.45) is 1.04. The number of fused-ring (bicyclic) bond motifs is 2. The molecule has 1 N–H and O–H groups in total. The molecule has 1 aliphatic carbocycles. The van der Waals surface area contributed by atoms with Crippen LogP contribution in [0, 0.1) is 0 Å². The van der Waals surface area contributed by atoms with E-state index in [1.54, 1.807) is 0 Å². The molecule has 6 heteroatoms. The molecule has 0 fully saturated rings. The van der Waals surface area contributed by atoms with Gasteiger partial charge in [-0.2, -0.15) is 13.2 Å². The van der Waals surface area contributed by atoms with Crippen LogP contribution in [0.3, 0.4) is 0 Å². The predicted octanol–water partition coefficient (Wildman–Crippen LogP) is 4.67. The van der Waals surface area contributed by atoms with Crippen molar-refractivity contribution in [2.24, 2.45) is 0 Å². The molecule has 1 aromatic heterocycles. The topological polar surface area (TPSA) is 42.2 Å². The van der Waals surface area contributed by atoms with Crippen LogP contribution < -0.4 is 5.32 Å². The minimum absolute atomic E-state index is 0.196. The van der Waals surface area contributed by atoms with Gasteiger partial charge in [0.1, 0.15) is 11.5 Å². The third-order valence-corrected chi connectivity index (χ3v) is 4.43. The second-order valence-electron chi connectivity index (χ2n) is 6.07. The van der Waals surface area contributed by atoms with E-state index in [0.717, 1.165) is 49.1 Å². The number of anilines is 1. The van der Waals surface area contributed by atoms with Gasteiger partial charge in [-0.15, -0.1) is 0 Å². The maximum atomic E-state index is 12.9.